The molecule has 116 valence electrons. The van der Waals surface area contributed by atoms with E-state index >= 15 is 0 Å². The maximum Gasteiger partial charge on any atom is 0.282 e. The highest BCUT2D eigenvalue weighted by Crippen LogP contribution is 2.18. The number of ether oxygens (including phenoxy) is 1. The standard InChI is InChI=1S/C17H19NO3S/c1-17(2,3)21-15-11-9-14(10-12-15)13-18-22(19,20)16-7-5-4-6-8-16/h4-13H,1-3H3/b18-13-. The van der Waals surface area contributed by atoms with E-state index in [1.165, 1.54) is 18.3 Å². The molecule has 0 saturated carbocycles. The van der Waals surface area contributed by atoms with E-state index in [0.717, 1.165) is 5.75 Å². The molecule has 0 amide bonds. The molecule has 0 aliphatic rings. The van der Waals surface area contributed by atoms with Gasteiger partial charge in [0, 0.05) is 6.21 Å². The van der Waals surface area contributed by atoms with Gasteiger partial charge in [-0.25, -0.2) is 0 Å². The summed E-state index contributed by atoms with van der Waals surface area (Å²) in [6, 6.07) is 15.3. The predicted octanol–water partition coefficient (Wildman–Crippen LogP) is 3.67. The van der Waals surface area contributed by atoms with Gasteiger partial charge in [-0.1, -0.05) is 18.2 Å². The molecule has 0 atom stereocenters. The van der Waals surface area contributed by atoms with Crippen LogP contribution >= 0.6 is 0 Å². The fourth-order valence-corrected chi connectivity index (χ4v) is 2.64. The van der Waals surface area contributed by atoms with Crippen LogP contribution in [0.15, 0.2) is 63.9 Å². The van der Waals surface area contributed by atoms with Crippen LogP contribution < -0.4 is 4.74 Å². The summed E-state index contributed by atoms with van der Waals surface area (Å²) in [4.78, 5) is 0.180. The predicted molar refractivity (Wildman–Crippen MR) is 88.0 cm³/mol. The molecule has 0 N–H and O–H groups in total. The Hall–Kier alpha value is -2.14. The van der Waals surface area contributed by atoms with Crippen LogP contribution in [-0.4, -0.2) is 20.2 Å². The zero-order valence-corrected chi connectivity index (χ0v) is 13.7. The van der Waals surface area contributed by atoms with Crippen molar-refractivity contribution < 1.29 is 13.2 Å². The zero-order chi connectivity index (χ0) is 16.2. The van der Waals surface area contributed by atoms with Gasteiger partial charge in [-0.05, 0) is 62.7 Å². The first-order chi connectivity index (χ1) is 10.3. The van der Waals surface area contributed by atoms with E-state index < -0.39 is 10.0 Å². The van der Waals surface area contributed by atoms with Crippen LogP contribution in [0.3, 0.4) is 0 Å². The summed E-state index contributed by atoms with van der Waals surface area (Å²) in [5, 5.41) is 0. The average molecular weight is 317 g/mol. The molecule has 0 spiro atoms. The third kappa shape index (κ3) is 4.70. The van der Waals surface area contributed by atoms with Gasteiger partial charge in [-0.15, -0.1) is 0 Å². The fourth-order valence-electron chi connectivity index (χ4n) is 1.76. The van der Waals surface area contributed by atoms with Crippen LogP contribution in [0.1, 0.15) is 26.3 Å². The van der Waals surface area contributed by atoms with Crippen molar-refractivity contribution in [2.45, 2.75) is 31.3 Å². The highest BCUT2D eigenvalue weighted by Gasteiger charge is 2.12. The summed E-state index contributed by atoms with van der Waals surface area (Å²) >= 11 is 0. The molecular weight excluding hydrogens is 298 g/mol. The Morgan fingerprint density at radius 1 is 0.955 bits per heavy atom. The average Bonchev–Trinajstić information content (AvgIpc) is 2.46. The molecule has 0 aliphatic heterocycles. The van der Waals surface area contributed by atoms with Gasteiger partial charge in [0.2, 0.25) is 0 Å². The van der Waals surface area contributed by atoms with Crippen molar-refractivity contribution >= 4 is 16.2 Å². The van der Waals surface area contributed by atoms with E-state index in [0.29, 0.717) is 5.56 Å². The third-order valence-corrected chi connectivity index (χ3v) is 3.94. The Labute approximate surface area is 131 Å². The summed E-state index contributed by atoms with van der Waals surface area (Å²) in [5.74, 6) is 0.732. The molecule has 0 aliphatic carbocycles. The molecule has 5 heteroatoms. The van der Waals surface area contributed by atoms with E-state index in [9.17, 15) is 8.42 Å². The molecule has 0 unspecified atom stereocenters. The second-order valence-electron chi connectivity index (χ2n) is 5.81. The van der Waals surface area contributed by atoms with Gasteiger partial charge in [0.1, 0.15) is 11.4 Å². The lowest BCUT2D eigenvalue weighted by molar-refractivity contribution is 0.131. The van der Waals surface area contributed by atoms with Crippen LogP contribution in [0.5, 0.6) is 5.75 Å². The SMILES string of the molecule is CC(C)(C)Oc1ccc(/C=N\S(=O)(=O)c2ccccc2)cc1. The summed E-state index contributed by atoms with van der Waals surface area (Å²) in [5.41, 5.74) is 0.424. The summed E-state index contributed by atoms with van der Waals surface area (Å²) in [6.45, 7) is 5.90. The van der Waals surface area contributed by atoms with Gasteiger partial charge < -0.3 is 4.74 Å². The van der Waals surface area contributed by atoms with Crippen LogP contribution in [0.4, 0.5) is 0 Å². The number of benzene rings is 2. The van der Waals surface area contributed by atoms with Crippen LogP contribution in [0, 0.1) is 0 Å². The Morgan fingerprint density at radius 3 is 2.09 bits per heavy atom. The van der Waals surface area contributed by atoms with Gasteiger partial charge in [0.25, 0.3) is 10.0 Å². The second kappa shape index (κ2) is 6.32. The Morgan fingerprint density at radius 2 is 1.55 bits per heavy atom. The summed E-state index contributed by atoms with van der Waals surface area (Å²) in [7, 11) is -3.66. The van der Waals surface area contributed by atoms with E-state index in [1.807, 2.05) is 20.8 Å². The molecule has 2 rings (SSSR count). The summed E-state index contributed by atoms with van der Waals surface area (Å²) < 4.78 is 33.5. The first kappa shape index (κ1) is 16.2. The largest absolute Gasteiger partial charge is 0.488 e. The molecule has 22 heavy (non-hydrogen) atoms. The number of rotatable bonds is 4. The van der Waals surface area contributed by atoms with Gasteiger partial charge in [0.05, 0.1) is 4.90 Å². The number of sulfonamides is 1. The van der Waals surface area contributed by atoms with Crippen LogP contribution in [-0.2, 0) is 10.0 Å². The van der Waals surface area contributed by atoms with E-state index in [-0.39, 0.29) is 10.5 Å². The molecule has 0 saturated heterocycles. The lowest BCUT2D eigenvalue weighted by Crippen LogP contribution is -2.22. The minimum absolute atomic E-state index is 0.180. The Kier molecular flexibility index (Phi) is 4.66. The molecule has 2 aromatic carbocycles. The molecule has 0 radical (unpaired) electrons. The van der Waals surface area contributed by atoms with Gasteiger partial charge in [0.15, 0.2) is 0 Å². The van der Waals surface area contributed by atoms with Crippen molar-refractivity contribution in [1.82, 2.24) is 0 Å². The second-order valence-corrected chi connectivity index (χ2v) is 7.44. The van der Waals surface area contributed by atoms with Gasteiger partial charge in [-0.2, -0.15) is 12.8 Å². The van der Waals surface area contributed by atoms with Crippen molar-refractivity contribution in [3.05, 3.63) is 60.2 Å². The maximum atomic E-state index is 12.0. The van der Waals surface area contributed by atoms with Crippen LogP contribution in [0.25, 0.3) is 0 Å². The lowest BCUT2D eigenvalue weighted by Gasteiger charge is -2.21. The first-order valence-corrected chi connectivity index (χ1v) is 8.35. The zero-order valence-electron chi connectivity index (χ0n) is 12.9. The Balaban J connectivity index is 2.14. The molecule has 2 aromatic rings. The molecule has 0 aromatic heterocycles. The first-order valence-electron chi connectivity index (χ1n) is 6.91. The van der Waals surface area contributed by atoms with Crippen molar-refractivity contribution in [3.63, 3.8) is 0 Å². The smallest absolute Gasteiger partial charge is 0.282 e. The highest BCUT2D eigenvalue weighted by atomic mass is 32.2. The minimum Gasteiger partial charge on any atom is -0.488 e. The minimum atomic E-state index is -3.66. The van der Waals surface area contributed by atoms with E-state index in [4.69, 9.17) is 4.74 Å². The molecule has 0 fully saturated rings. The monoisotopic (exact) mass is 317 g/mol. The van der Waals surface area contributed by atoms with Crippen molar-refractivity contribution in [1.29, 1.82) is 0 Å². The summed E-state index contributed by atoms with van der Waals surface area (Å²) in [6.07, 6.45) is 1.34. The molecule has 0 bridgehead atoms. The number of nitrogens with zero attached hydrogens (tertiary/aromatic N) is 1. The molecule has 4 nitrogen and oxygen atoms in total. The van der Waals surface area contributed by atoms with Crippen LogP contribution in [0.2, 0.25) is 0 Å². The van der Waals surface area contributed by atoms with E-state index in [1.54, 1.807) is 42.5 Å². The van der Waals surface area contributed by atoms with Gasteiger partial charge >= 0.3 is 0 Å². The lowest BCUT2D eigenvalue weighted by atomic mass is 10.2. The van der Waals surface area contributed by atoms with Crippen molar-refractivity contribution in [2.75, 3.05) is 0 Å². The maximum absolute atomic E-state index is 12.0. The Bertz CT molecular complexity index is 743. The third-order valence-electron chi connectivity index (χ3n) is 2.69. The molecule has 0 heterocycles. The number of hydrogen-bond donors (Lipinski definition) is 0. The highest BCUT2D eigenvalue weighted by molar-refractivity contribution is 7.90. The fraction of sp³-hybridized carbons (Fsp3) is 0.235. The van der Waals surface area contributed by atoms with Gasteiger partial charge in [-0.3, -0.25) is 0 Å². The molecular formula is C17H19NO3S. The van der Waals surface area contributed by atoms with Crippen molar-refractivity contribution in [2.24, 2.45) is 4.40 Å². The normalized spacial score (nSPS) is 12.5. The quantitative estimate of drug-likeness (QED) is 0.808. The number of hydrogen-bond acceptors (Lipinski definition) is 3. The topological polar surface area (TPSA) is 55.7 Å². The van der Waals surface area contributed by atoms with E-state index in [2.05, 4.69) is 4.40 Å². The van der Waals surface area contributed by atoms with Crippen molar-refractivity contribution in [3.8, 4) is 5.75 Å².